The summed E-state index contributed by atoms with van der Waals surface area (Å²) in [4.78, 5) is 12.4. The molecule has 3 aromatic rings. The van der Waals surface area contributed by atoms with E-state index in [4.69, 9.17) is 11.6 Å². The highest BCUT2D eigenvalue weighted by atomic mass is 35.5. The number of nitrogens with zero attached hydrogens (tertiary/aromatic N) is 2. The Labute approximate surface area is 168 Å². The number of hydrogen-bond acceptors (Lipinski definition) is 4. The van der Waals surface area contributed by atoms with Crippen LogP contribution >= 0.6 is 11.6 Å². The van der Waals surface area contributed by atoms with Crippen LogP contribution in [0.4, 0.5) is 0 Å². The first-order valence-corrected chi connectivity index (χ1v) is 10.4. The van der Waals surface area contributed by atoms with Crippen molar-refractivity contribution in [2.75, 3.05) is 0 Å². The van der Waals surface area contributed by atoms with Crippen molar-refractivity contribution in [2.24, 2.45) is 0 Å². The van der Waals surface area contributed by atoms with E-state index in [1.807, 2.05) is 36.5 Å². The Morgan fingerprint density at radius 1 is 1.14 bits per heavy atom. The summed E-state index contributed by atoms with van der Waals surface area (Å²) in [5.41, 5.74) is 1.69. The Morgan fingerprint density at radius 2 is 1.86 bits per heavy atom. The number of halogens is 1. The van der Waals surface area contributed by atoms with Crippen molar-refractivity contribution in [1.82, 2.24) is 19.8 Å². The van der Waals surface area contributed by atoms with E-state index < -0.39 is 22.0 Å². The number of hydrogen-bond donors (Lipinski definition) is 2. The lowest BCUT2D eigenvalue weighted by Crippen LogP contribution is -2.44. The molecule has 1 heterocycles. The molecule has 9 heteroatoms. The second-order valence-corrected chi connectivity index (χ2v) is 8.24. The first-order valence-electron chi connectivity index (χ1n) is 8.50. The van der Waals surface area contributed by atoms with Gasteiger partial charge in [0.2, 0.25) is 15.9 Å². The molecule has 146 valence electrons. The second-order valence-electron chi connectivity index (χ2n) is 6.09. The maximum Gasteiger partial charge on any atom is 0.241 e. The lowest BCUT2D eigenvalue weighted by Gasteiger charge is -2.16. The van der Waals surface area contributed by atoms with Gasteiger partial charge in [-0.25, -0.2) is 13.1 Å². The molecule has 0 saturated carbocycles. The molecule has 0 unspecified atom stereocenters. The van der Waals surface area contributed by atoms with Gasteiger partial charge in [0.1, 0.15) is 0 Å². The minimum Gasteiger partial charge on any atom is -0.351 e. The zero-order valence-electron chi connectivity index (χ0n) is 15.0. The summed E-state index contributed by atoms with van der Waals surface area (Å²) in [6.45, 7) is 1.73. The third-order valence-corrected chi connectivity index (χ3v) is 5.85. The van der Waals surface area contributed by atoms with Gasteiger partial charge in [-0.3, -0.25) is 4.79 Å². The molecular weight excluding hydrogens is 400 g/mol. The first-order chi connectivity index (χ1) is 13.4. The SMILES string of the molecule is C[C@H](NS(=O)(=O)c1ccc(Cl)cc1)C(=O)NCc1ccccc1-n1cccn1. The molecule has 0 radical (unpaired) electrons. The Balaban J connectivity index is 1.65. The quantitative estimate of drug-likeness (QED) is 0.616. The van der Waals surface area contributed by atoms with Gasteiger partial charge in [-0.15, -0.1) is 0 Å². The van der Waals surface area contributed by atoms with E-state index in [0.29, 0.717) is 5.02 Å². The van der Waals surface area contributed by atoms with E-state index in [-0.39, 0.29) is 11.4 Å². The van der Waals surface area contributed by atoms with Crippen molar-refractivity contribution >= 4 is 27.5 Å². The molecule has 0 spiro atoms. The minimum atomic E-state index is -3.83. The van der Waals surface area contributed by atoms with E-state index in [2.05, 4.69) is 15.1 Å². The molecule has 2 aromatic carbocycles. The average molecular weight is 419 g/mol. The van der Waals surface area contributed by atoms with Crippen LogP contribution in [0.2, 0.25) is 5.02 Å². The van der Waals surface area contributed by atoms with Crippen molar-refractivity contribution in [1.29, 1.82) is 0 Å². The minimum absolute atomic E-state index is 0.0422. The predicted molar refractivity (Wildman–Crippen MR) is 107 cm³/mol. The van der Waals surface area contributed by atoms with E-state index in [1.165, 1.54) is 31.2 Å². The third kappa shape index (κ3) is 4.78. The maximum atomic E-state index is 12.4. The van der Waals surface area contributed by atoms with Crippen LogP contribution in [0.25, 0.3) is 5.69 Å². The molecule has 2 N–H and O–H groups in total. The van der Waals surface area contributed by atoms with Crippen molar-refractivity contribution in [3.8, 4) is 5.69 Å². The van der Waals surface area contributed by atoms with Crippen LogP contribution in [-0.2, 0) is 21.4 Å². The summed E-state index contributed by atoms with van der Waals surface area (Å²) in [5.74, 6) is -0.437. The number of aromatic nitrogens is 2. The largest absolute Gasteiger partial charge is 0.351 e. The summed E-state index contributed by atoms with van der Waals surface area (Å²) in [5, 5.41) is 7.39. The van der Waals surface area contributed by atoms with Crippen molar-refractivity contribution < 1.29 is 13.2 Å². The highest BCUT2D eigenvalue weighted by molar-refractivity contribution is 7.89. The number of para-hydroxylation sites is 1. The van der Waals surface area contributed by atoms with Crippen LogP contribution in [0.15, 0.2) is 71.9 Å². The van der Waals surface area contributed by atoms with Crippen LogP contribution in [0, 0.1) is 0 Å². The van der Waals surface area contributed by atoms with Gasteiger partial charge in [0.05, 0.1) is 16.6 Å². The van der Waals surface area contributed by atoms with E-state index in [9.17, 15) is 13.2 Å². The topological polar surface area (TPSA) is 93.1 Å². The number of sulfonamides is 1. The summed E-state index contributed by atoms with van der Waals surface area (Å²) < 4.78 is 28.9. The summed E-state index contributed by atoms with van der Waals surface area (Å²) in [6.07, 6.45) is 3.48. The van der Waals surface area contributed by atoms with E-state index in [1.54, 1.807) is 10.9 Å². The van der Waals surface area contributed by atoms with Gasteiger partial charge in [-0.2, -0.15) is 9.82 Å². The van der Waals surface area contributed by atoms with Gasteiger partial charge in [-0.1, -0.05) is 29.8 Å². The van der Waals surface area contributed by atoms with Gasteiger partial charge >= 0.3 is 0 Å². The predicted octanol–water partition coefficient (Wildman–Crippen LogP) is 2.51. The molecule has 0 aliphatic carbocycles. The van der Waals surface area contributed by atoms with Crippen LogP contribution in [-0.4, -0.2) is 30.1 Å². The average Bonchev–Trinajstić information content (AvgIpc) is 3.21. The molecular formula is C19H19ClN4O3S. The van der Waals surface area contributed by atoms with E-state index in [0.717, 1.165) is 11.3 Å². The summed E-state index contributed by atoms with van der Waals surface area (Å²) in [7, 11) is -3.83. The van der Waals surface area contributed by atoms with Crippen LogP contribution < -0.4 is 10.0 Å². The standard InChI is InChI=1S/C19H19ClN4O3S/c1-14(23-28(26,27)17-9-7-16(20)8-10-17)19(25)21-13-15-5-2-3-6-18(15)24-12-4-11-22-24/h2-12,14,23H,13H2,1H3,(H,21,25)/t14-/m0/s1. The number of carbonyl (C=O) groups is 1. The van der Waals surface area contributed by atoms with Crippen molar-refractivity contribution in [3.63, 3.8) is 0 Å². The Bertz CT molecular complexity index is 1050. The summed E-state index contributed by atoms with van der Waals surface area (Å²) in [6, 6.07) is 14.1. The lowest BCUT2D eigenvalue weighted by atomic mass is 10.1. The number of carbonyl (C=O) groups excluding carboxylic acids is 1. The molecule has 0 bridgehead atoms. The third-order valence-electron chi connectivity index (χ3n) is 4.05. The zero-order valence-corrected chi connectivity index (χ0v) is 16.6. The van der Waals surface area contributed by atoms with Gasteiger partial charge < -0.3 is 5.32 Å². The Hall–Kier alpha value is -2.68. The highest BCUT2D eigenvalue weighted by Crippen LogP contribution is 2.15. The molecule has 1 aromatic heterocycles. The summed E-state index contributed by atoms with van der Waals surface area (Å²) >= 11 is 5.78. The molecule has 1 atom stereocenters. The first kappa shape index (κ1) is 20.1. The second kappa shape index (κ2) is 8.55. The lowest BCUT2D eigenvalue weighted by molar-refractivity contribution is -0.122. The van der Waals surface area contributed by atoms with Crippen LogP contribution in [0.1, 0.15) is 12.5 Å². The van der Waals surface area contributed by atoms with Crippen LogP contribution in [0.5, 0.6) is 0 Å². The normalized spacial score (nSPS) is 12.5. The highest BCUT2D eigenvalue weighted by Gasteiger charge is 2.22. The van der Waals surface area contributed by atoms with Gasteiger partial charge in [-0.05, 0) is 48.9 Å². The molecule has 0 saturated heterocycles. The van der Waals surface area contributed by atoms with E-state index >= 15 is 0 Å². The molecule has 0 aliphatic rings. The van der Waals surface area contributed by atoms with Crippen molar-refractivity contribution in [3.05, 3.63) is 77.6 Å². The number of rotatable bonds is 7. The van der Waals surface area contributed by atoms with Gasteiger partial charge in [0.25, 0.3) is 0 Å². The molecule has 0 aliphatic heterocycles. The fraction of sp³-hybridized carbons (Fsp3) is 0.158. The smallest absolute Gasteiger partial charge is 0.241 e. The molecule has 3 rings (SSSR count). The molecule has 28 heavy (non-hydrogen) atoms. The monoisotopic (exact) mass is 418 g/mol. The number of nitrogens with one attached hydrogen (secondary N) is 2. The number of benzene rings is 2. The molecule has 7 nitrogen and oxygen atoms in total. The molecule has 0 fully saturated rings. The fourth-order valence-corrected chi connectivity index (χ4v) is 3.93. The van der Waals surface area contributed by atoms with Gasteiger partial charge in [0, 0.05) is 24.0 Å². The zero-order chi connectivity index (χ0) is 20.1. The van der Waals surface area contributed by atoms with Crippen LogP contribution in [0.3, 0.4) is 0 Å². The maximum absolute atomic E-state index is 12.4. The Morgan fingerprint density at radius 3 is 2.54 bits per heavy atom. The fourth-order valence-electron chi connectivity index (χ4n) is 2.60. The number of amides is 1. The van der Waals surface area contributed by atoms with Gasteiger partial charge in [0.15, 0.2) is 0 Å². The Kier molecular flexibility index (Phi) is 6.13. The molecule has 1 amide bonds. The van der Waals surface area contributed by atoms with Crippen molar-refractivity contribution in [2.45, 2.75) is 24.4 Å².